The van der Waals surface area contributed by atoms with Crippen molar-refractivity contribution in [1.29, 1.82) is 0 Å². The van der Waals surface area contributed by atoms with Gasteiger partial charge in [-0.3, -0.25) is 0 Å². The Labute approximate surface area is 235 Å². The average molecular weight is 511 g/mol. The molecule has 0 aliphatic carbocycles. The van der Waals surface area contributed by atoms with Crippen molar-refractivity contribution in [2.45, 2.75) is 153 Å². The zero-order valence-electron chi connectivity index (χ0n) is 26.5. The Hall–Kier alpha value is -1.04. The Kier molecular flexibility index (Phi) is 45.8. The van der Waals surface area contributed by atoms with Gasteiger partial charge in [-0.25, -0.2) is 0 Å². The molecule has 36 heavy (non-hydrogen) atoms. The predicted octanol–water partition coefficient (Wildman–Crippen LogP) is 13.9. The van der Waals surface area contributed by atoms with Crippen LogP contribution in [0.5, 0.6) is 0 Å². The Balaban J connectivity index is -0.0000000633. The van der Waals surface area contributed by atoms with Gasteiger partial charge in [-0.2, -0.15) is 0 Å². The lowest BCUT2D eigenvalue weighted by Crippen LogP contribution is -2.12. The minimum absolute atomic E-state index is 0. The summed E-state index contributed by atoms with van der Waals surface area (Å²) in [6, 6.07) is 8.36. The van der Waals surface area contributed by atoms with Crippen LogP contribution in [0.25, 0.3) is 0 Å². The van der Waals surface area contributed by atoms with Crippen molar-refractivity contribution in [3.63, 3.8) is 0 Å². The van der Waals surface area contributed by atoms with Gasteiger partial charge in [0.05, 0.1) is 0 Å². The van der Waals surface area contributed by atoms with Gasteiger partial charge in [0.15, 0.2) is 0 Å². The number of hydrogen-bond acceptors (Lipinski definition) is 0. The van der Waals surface area contributed by atoms with E-state index in [0.29, 0.717) is 11.8 Å². The van der Waals surface area contributed by atoms with E-state index < -0.39 is 0 Å². The zero-order chi connectivity index (χ0) is 27.3. The van der Waals surface area contributed by atoms with Crippen LogP contribution in [0.3, 0.4) is 0 Å². The summed E-state index contributed by atoms with van der Waals surface area (Å²) < 4.78 is 0. The van der Waals surface area contributed by atoms with Gasteiger partial charge in [-0.15, -0.1) is 0 Å². The first-order chi connectivity index (χ1) is 15.2. The van der Waals surface area contributed by atoms with Crippen molar-refractivity contribution < 1.29 is 0 Å². The lowest BCUT2D eigenvalue weighted by Gasteiger charge is -2.22. The van der Waals surface area contributed by atoms with Crippen molar-refractivity contribution in [3.8, 4) is 0 Å². The lowest BCUT2D eigenvalue weighted by molar-refractivity contribution is 0.283. The van der Waals surface area contributed by atoms with E-state index in [0.717, 1.165) is 23.7 Å². The van der Waals surface area contributed by atoms with Gasteiger partial charge < -0.3 is 0 Å². The Morgan fingerprint density at radius 2 is 0.750 bits per heavy atom. The smallest absolute Gasteiger partial charge is 0.0260 e. The fourth-order valence-electron chi connectivity index (χ4n) is 2.70. The highest BCUT2D eigenvalue weighted by atomic mass is 14.2. The second-order valence-electron chi connectivity index (χ2n) is 10.4. The van der Waals surface area contributed by atoms with Gasteiger partial charge in [0.1, 0.15) is 0 Å². The molecule has 2 atom stereocenters. The molecule has 0 N–H and O–H groups in total. The zero-order valence-corrected chi connectivity index (χ0v) is 26.5. The molecule has 0 aliphatic heterocycles. The highest BCUT2D eigenvalue weighted by molar-refractivity contribution is 5.23. The molecule has 0 aromatic heterocycles. The van der Waals surface area contributed by atoms with E-state index in [1.165, 1.54) is 17.5 Å². The standard InChI is InChI=1S/C11H24.C10H20.C8H10.2C2H6.3CH4/c1-8(2)10(5)7-11(6)9(3)4;1-7(2)9(5)10(6)8(3)4;1-7-5-3-4-6-8(7)2;2*1-2;;;/h8-11H,7H2,1-6H3;7-8H,1-6H3;3-6H,1-2H3;2*1-2H3;3*1H4/b;10-9-;;;;;;. The minimum atomic E-state index is 0. The fourth-order valence-corrected chi connectivity index (χ4v) is 2.70. The van der Waals surface area contributed by atoms with E-state index in [4.69, 9.17) is 0 Å². The molecule has 0 radical (unpaired) electrons. The van der Waals surface area contributed by atoms with Crippen LogP contribution in [-0.4, -0.2) is 0 Å². The Bertz CT molecular complexity index is 508. The number of aryl methyl sites for hydroxylation is 2. The maximum Gasteiger partial charge on any atom is -0.0260 e. The first-order valence-electron chi connectivity index (χ1n) is 13.9. The van der Waals surface area contributed by atoms with E-state index in [-0.39, 0.29) is 22.3 Å². The first-order valence-corrected chi connectivity index (χ1v) is 13.9. The number of hydrogen-bond donors (Lipinski definition) is 0. The minimum Gasteiger partial charge on any atom is -0.0776 e. The van der Waals surface area contributed by atoms with Crippen LogP contribution >= 0.6 is 0 Å². The molecule has 0 heteroatoms. The summed E-state index contributed by atoms with van der Waals surface area (Å²) in [4.78, 5) is 0. The molecular formula is C36H78. The molecule has 2 unspecified atom stereocenters. The number of benzene rings is 1. The number of allylic oxidation sites excluding steroid dienone is 2. The molecule has 0 fully saturated rings. The summed E-state index contributed by atoms with van der Waals surface area (Å²) in [5.74, 6) is 4.87. The van der Waals surface area contributed by atoms with E-state index >= 15 is 0 Å². The third-order valence-corrected chi connectivity index (χ3v) is 6.80. The maximum atomic E-state index is 2.36. The van der Waals surface area contributed by atoms with Crippen molar-refractivity contribution in [2.24, 2.45) is 35.5 Å². The summed E-state index contributed by atoms with van der Waals surface area (Å²) in [5.41, 5.74) is 5.84. The third-order valence-electron chi connectivity index (χ3n) is 6.80. The molecule has 0 heterocycles. The van der Waals surface area contributed by atoms with Gasteiger partial charge >= 0.3 is 0 Å². The summed E-state index contributed by atoms with van der Waals surface area (Å²) >= 11 is 0. The van der Waals surface area contributed by atoms with Crippen molar-refractivity contribution in [3.05, 3.63) is 46.5 Å². The quantitative estimate of drug-likeness (QED) is 0.334. The van der Waals surface area contributed by atoms with Crippen LogP contribution in [0.1, 0.15) is 151 Å². The third kappa shape index (κ3) is 29.2. The van der Waals surface area contributed by atoms with E-state index in [1.54, 1.807) is 11.1 Å². The van der Waals surface area contributed by atoms with Crippen LogP contribution < -0.4 is 0 Å². The summed E-state index contributed by atoms with van der Waals surface area (Å²) in [6.07, 6.45) is 1.38. The molecule has 0 amide bonds. The highest BCUT2D eigenvalue weighted by Crippen LogP contribution is 2.24. The van der Waals surface area contributed by atoms with Crippen molar-refractivity contribution in [1.82, 2.24) is 0 Å². The molecule has 1 aromatic rings. The topological polar surface area (TPSA) is 0 Å². The van der Waals surface area contributed by atoms with Crippen LogP contribution in [0.2, 0.25) is 0 Å². The SMILES string of the molecule is C.C.C.C/C(=C(\C)C(C)C)C(C)C.CC.CC.CC(C)C(C)CC(C)C(C)C.Cc1ccccc1C. The second kappa shape index (κ2) is 32.0. The van der Waals surface area contributed by atoms with Crippen molar-refractivity contribution in [2.75, 3.05) is 0 Å². The van der Waals surface area contributed by atoms with Gasteiger partial charge in [-0.05, 0) is 80.8 Å². The predicted molar refractivity (Wildman–Crippen MR) is 179 cm³/mol. The van der Waals surface area contributed by atoms with Gasteiger partial charge in [-0.1, -0.05) is 155 Å². The van der Waals surface area contributed by atoms with E-state index in [1.807, 2.05) is 27.7 Å². The molecular weight excluding hydrogens is 432 g/mol. The number of rotatable bonds is 6. The van der Waals surface area contributed by atoms with Crippen LogP contribution in [-0.2, 0) is 0 Å². The van der Waals surface area contributed by atoms with Gasteiger partial charge in [0, 0.05) is 0 Å². The van der Waals surface area contributed by atoms with Crippen LogP contribution in [0.15, 0.2) is 35.4 Å². The molecule has 1 rings (SSSR count). The molecule has 0 bridgehead atoms. The van der Waals surface area contributed by atoms with Crippen LogP contribution in [0.4, 0.5) is 0 Å². The molecule has 0 saturated carbocycles. The molecule has 0 spiro atoms. The second-order valence-corrected chi connectivity index (χ2v) is 10.4. The van der Waals surface area contributed by atoms with Crippen molar-refractivity contribution >= 4 is 0 Å². The Morgan fingerprint density at radius 3 is 0.889 bits per heavy atom. The molecule has 0 saturated heterocycles. The molecule has 0 aliphatic rings. The van der Waals surface area contributed by atoms with Gasteiger partial charge in [0.2, 0.25) is 0 Å². The van der Waals surface area contributed by atoms with E-state index in [2.05, 4.69) is 121 Å². The van der Waals surface area contributed by atoms with E-state index in [9.17, 15) is 0 Å². The monoisotopic (exact) mass is 511 g/mol. The lowest BCUT2D eigenvalue weighted by atomic mass is 9.84. The Morgan fingerprint density at radius 1 is 0.528 bits per heavy atom. The average Bonchev–Trinajstić information content (AvgIpc) is 2.78. The summed E-state index contributed by atoms with van der Waals surface area (Å²) in [7, 11) is 0. The fraction of sp³-hybridized carbons (Fsp3) is 0.778. The van der Waals surface area contributed by atoms with Gasteiger partial charge in [0.25, 0.3) is 0 Å². The molecule has 1 aromatic carbocycles. The summed E-state index contributed by atoms with van der Waals surface area (Å²) in [6.45, 7) is 39.7. The summed E-state index contributed by atoms with van der Waals surface area (Å²) in [5, 5.41) is 0. The molecule has 222 valence electrons. The highest BCUT2D eigenvalue weighted by Gasteiger charge is 2.14. The first kappa shape index (κ1) is 51.6. The largest absolute Gasteiger partial charge is 0.0776 e. The van der Waals surface area contributed by atoms with Crippen LogP contribution in [0, 0.1) is 49.4 Å². The molecule has 0 nitrogen and oxygen atoms in total. The maximum absolute atomic E-state index is 2.36. The normalized spacial score (nSPS) is 11.7.